The van der Waals surface area contributed by atoms with E-state index in [0.29, 0.717) is 25.4 Å². The van der Waals surface area contributed by atoms with Gasteiger partial charge in [0.1, 0.15) is 0 Å². The highest BCUT2D eigenvalue weighted by Crippen LogP contribution is 2.08. The predicted molar refractivity (Wildman–Crippen MR) is 82.2 cm³/mol. The second-order valence-corrected chi connectivity index (χ2v) is 4.53. The number of hydrogen-bond acceptors (Lipinski definition) is 4. The average molecular weight is 285 g/mol. The molecule has 21 heavy (non-hydrogen) atoms. The topological polar surface area (TPSA) is 63.2 Å². The molecule has 0 aliphatic carbocycles. The van der Waals surface area contributed by atoms with Gasteiger partial charge in [-0.25, -0.2) is 4.98 Å². The van der Waals surface area contributed by atoms with Gasteiger partial charge in [-0.1, -0.05) is 18.2 Å². The van der Waals surface area contributed by atoms with Crippen LogP contribution in [0, 0.1) is 0 Å². The maximum atomic E-state index is 11.8. The van der Waals surface area contributed by atoms with Gasteiger partial charge in [0.15, 0.2) is 0 Å². The largest absolute Gasteiger partial charge is 0.481 e. The monoisotopic (exact) mass is 285 g/mol. The maximum Gasteiger partial charge on any atom is 0.222 e. The number of rotatable bonds is 7. The lowest BCUT2D eigenvalue weighted by atomic mass is 10.2. The molecule has 2 aromatic rings. The zero-order chi connectivity index (χ0) is 14.9. The number of benzene rings is 1. The van der Waals surface area contributed by atoms with E-state index in [2.05, 4.69) is 15.6 Å². The van der Waals surface area contributed by atoms with Crippen LogP contribution in [-0.2, 0) is 11.3 Å². The lowest BCUT2D eigenvalue weighted by Gasteiger charge is -2.08. The second kappa shape index (κ2) is 7.89. The van der Waals surface area contributed by atoms with Crippen LogP contribution in [0.25, 0.3) is 0 Å². The SMILES string of the molecule is COc1cc(CNC(=O)CCNc2ccccc2)ccn1. The highest BCUT2D eigenvalue weighted by atomic mass is 16.5. The van der Waals surface area contributed by atoms with E-state index in [1.165, 1.54) is 0 Å². The molecule has 0 spiro atoms. The molecule has 0 saturated carbocycles. The van der Waals surface area contributed by atoms with E-state index in [-0.39, 0.29) is 5.91 Å². The smallest absolute Gasteiger partial charge is 0.222 e. The van der Waals surface area contributed by atoms with Gasteiger partial charge >= 0.3 is 0 Å². The summed E-state index contributed by atoms with van der Waals surface area (Å²) >= 11 is 0. The van der Waals surface area contributed by atoms with Crippen LogP contribution in [0.3, 0.4) is 0 Å². The number of carbonyl (C=O) groups excluding carboxylic acids is 1. The molecule has 1 aromatic heterocycles. The summed E-state index contributed by atoms with van der Waals surface area (Å²) in [5.41, 5.74) is 1.98. The van der Waals surface area contributed by atoms with Crippen LogP contribution < -0.4 is 15.4 Å². The molecule has 0 aliphatic heterocycles. The molecule has 110 valence electrons. The Kier molecular flexibility index (Phi) is 5.58. The van der Waals surface area contributed by atoms with E-state index in [1.54, 1.807) is 13.3 Å². The lowest BCUT2D eigenvalue weighted by molar-refractivity contribution is -0.121. The number of nitrogens with zero attached hydrogens (tertiary/aromatic N) is 1. The van der Waals surface area contributed by atoms with Crippen molar-refractivity contribution in [2.45, 2.75) is 13.0 Å². The number of para-hydroxylation sites is 1. The van der Waals surface area contributed by atoms with Crippen molar-refractivity contribution in [3.05, 3.63) is 54.2 Å². The van der Waals surface area contributed by atoms with Gasteiger partial charge in [-0.2, -0.15) is 0 Å². The first-order valence-electron chi connectivity index (χ1n) is 6.82. The zero-order valence-electron chi connectivity index (χ0n) is 12.0. The molecule has 1 aromatic carbocycles. The molecule has 5 nitrogen and oxygen atoms in total. The third-order valence-corrected chi connectivity index (χ3v) is 2.95. The molecule has 1 heterocycles. The number of hydrogen-bond donors (Lipinski definition) is 2. The van der Waals surface area contributed by atoms with Crippen molar-refractivity contribution in [1.29, 1.82) is 0 Å². The summed E-state index contributed by atoms with van der Waals surface area (Å²) in [6, 6.07) is 13.5. The third kappa shape index (κ3) is 5.14. The minimum atomic E-state index is 0.00853. The van der Waals surface area contributed by atoms with E-state index in [1.807, 2.05) is 42.5 Å². The molecule has 2 rings (SSSR count). The van der Waals surface area contributed by atoms with Crippen LogP contribution in [0.5, 0.6) is 5.88 Å². The number of carbonyl (C=O) groups is 1. The maximum absolute atomic E-state index is 11.8. The van der Waals surface area contributed by atoms with Gasteiger partial charge in [0.2, 0.25) is 11.8 Å². The lowest BCUT2D eigenvalue weighted by Crippen LogP contribution is -2.24. The van der Waals surface area contributed by atoms with Crippen molar-refractivity contribution in [3.8, 4) is 5.88 Å². The van der Waals surface area contributed by atoms with Crippen molar-refractivity contribution in [1.82, 2.24) is 10.3 Å². The fraction of sp³-hybridized carbons (Fsp3) is 0.250. The highest BCUT2D eigenvalue weighted by Gasteiger charge is 2.02. The number of methoxy groups -OCH3 is 1. The second-order valence-electron chi connectivity index (χ2n) is 4.53. The third-order valence-electron chi connectivity index (χ3n) is 2.95. The van der Waals surface area contributed by atoms with Crippen LogP contribution in [0.4, 0.5) is 5.69 Å². The number of nitrogens with one attached hydrogen (secondary N) is 2. The summed E-state index contributed by atoms with van der Waals surface area (Å²) in [7, 11) is 1.57. The van der Waals surface area contributed by atoms with Gasteiger partial charge in [0.25, 0.3) is 0 Å². The standard InChI is InChI=1S/C16H19N3O2/c1-21-16-11-13(7-9-18-16)12-19-15(20)8-10-17-14-5-3-2-4-6-14/h2-7,9,11,17H,8,10,12H2,1H3,(H,19,20). The van der Waals surface area contributed by atoms with Crippen LogP contribution in [0.15, 0.2) is 48.7 Å². The molecule has 0 fully saturated rings. The van der Waals surface area contributed by atoms with Crippen molar-refractivity contribution < 1.29 is 9.53 Å². The van der Waals surface area contributed by atoms with E-state index in [4.69, 9.17) is 4.74 Å². The summed E-state index contributed by atoms with van der Waals surface area (Å²) in [4.78, 5) is 15.8. The van der Waals surface area contributed by atoms with Gasteiger partial charge in [0.05, 0.1) is 7.11 Å². The summed E-state index contributed by atoms with van der Waals surface area (Å²) in [5, 5.41) is 6.08. The minimum Gasteiger partial charge on any atom is -0.481 e. The molecule has 0 atom stereocenters. The Labute approximate surface area is 124 Å². The quantitative estimate of drug-likeness (QED) is 0.818. The van der Waals surface area contributed by atoms with Gasteiger partial charge in [-0.05, 0) is 23.8 Å². The minimum absolute atomic E-state index is 0.00853. The van der Waals surface area contributed by atoms with Crippen LogP contribution in [-0.4, -0.2) is 24.5 Å². The fourth-order valence-corrected chi connectivity index (χ4v) is 1.84. The van der Waals surface area contributed by atoms with E-state index in [0.717, 1.165) is 11.3 Å². The van der Waals surface area contributed by atoms with E-state index in [9.17, 15) is 4.79 Å². The molecular formula is C16H19N3O2. The van der Waals surface area contributed by atoms with E-state index < -0.39 is 0 Å². The Morgan fingerprint density at radius 3 is 2.81 bits per heavy atom. The van der Waals surface area contributed by atoms with Gasteiger partial charge < -0.3 is 15.4 Å². The van der Waals surface area contributed by atoms with Crippen molar-refractivity contribution in [2.24, 2.45) is 0 Å². The summed E-state index contributed by atoms with van der Waals surface area (Å²) in [5.74, 6) is 0.557. The molecule has 0 radical (unpaired) electrons. The molecular weight excluding hydrogens is 266 g/mol. The Bertz CT molecular complexity index is 573. The Balaban J connectivity index is 1.70. The molecule has 1 amide bonds. The summed E-state index contributed by atoms with van der Waals surface area (Å²) in [6.45, 7) is 1.08. The summed E-state index contributed by atoms with van der Waals surface area (Å²) in [6.07, 6.45) is 2.09. The Morgan fingerprint density at radius 1 is 1.24 bits per heavy atom. The first kappa shape index (κ1) is 14.8. The number of anilines is 1. The normalized spacial score (nSPS) is 9.95. The van der Waals surface area contributed by atoms with Crippen molar-refractivity contribution in [2.75, 3.05) is 19.0 Å². The summed E-state index contributed by atoms with van der Waals surface area (Å²) < 4.78 is 5.04. The van der Waals surface area contributed by atoms with Gasteiger partial charge in [-0.3, -0.25) is 4.79 Å². The fourth-order valence-electron chi connectivity index (χ4n) is 1.84. The first-order valence-corrected chi connectivity index (χ1v) is 6.82. The van der Waals surface area contributed by atoms with Crippen LogP contribution in [0.2, 0.25) is 0 Å². The molecule has 0 aliphatic rings. The zero-order valence-corrected chi connectivity index (χ0v) is 12.0. The number of aromatic nitrogens is 1. The van der Waals surface area contributed by atoms with Crippen LogP contribution >= 0.6 is 0 Å². The average Bonchev–Trinajstić information content (AvgIpc) is 2.54. The van der Waals surface area contributed by atoms with Gasteiger partial charge in [-0.15, -0.1) is 0 Å². The molecule has 0 unspecified atom stereocenters. The molecule has 2 N–H and O–H groups in total. The Hall–Kier alpha value is -2.56. The molecule has 0 bridgehead atoms. The Morgan fingerprint density at radius 2 is 2.05 bits per heavy atom. The number of ether oxygens (including phenoxy) is 1. The van der Waals surface area contributed by atoms with E-state index >= 15 is 0 Å². The predicted octanol–water partition coefficient (Wildman–Crippen LogP) is 2.21. The number of pyridine rings is 1. The van der Waals surface area contributed by atoms with Gasteiger partial charge in [0, 0.05) is 37.5 Å². The van der Waals surface area contributed by atoms with Crippen molar-refractivity contribution in [3.63, 3.8) is 0 Å². The molecule has 0 saturated heterocycles. The molecule has 5 heteroatoms. The van der Waals surface area contributed by atoms with Crippen LogP contribution in [0.1, 0.15) is 12.0 Å². The highest BCUT2D eigenvalue weighted by molar-refractivity contribution is 5.76. The first-order chi connectivity index (χ1) is 10.3. The number of amides is 1. The van der Waals surface area contributed by atoms with Crippen molar-refractivity contribution >= 4 is 11.6 Å².